The second kappa shape index (κ2) is 6.40. The third kappa shape index (κ3) is 2.76. The molecular weight excluding hydrogens is 308 g/mol. The number of aryl methyl sites for hydroxylation is 1. The number of pyridine rings is 1. The lowest BCUT2D eigenvalue weighted by atomic mass is 10.1. The van der Waals surface area contributed by atoms with Crippen molar-refractivity contribution in [2.75, 3.05) is 4.90 Å². The van der Waals surface area contributed by atoms with E-state index in [0.717, 1.165) is 28.2 Å². The van der Waals surface area contributed by atoms with E-state index in [-0.39, 0.29) is 6.04 Å². The van der Waals surface area contributed by atoms with Crippen molar-refractivity contribution in [1.29, 1.82) is 0 Å². The lowest BCUT2D eigenvalue weighted by molar-refractivity contribution is 0.727. The van der Waals surface area contributed by atoms with Crippen LogP contribution in [0, 0.1) is 0 Å². The summed E-state index contributed by atoms with van der Waals surface area (Å²) < 4.78 is 2.15. The van der Waals surface area contributed by atoms with Crippen molar-refractivity contribution in [2.45, 2.75) is 13.0 Å². The van der Waals surface area contributed by atoms with Gasteiger partial charge in [-0.1, -0.05) is 36.4 Å². The molecule has 0 bridgehead atoms. The Morgan fingerprint density at radius 1 is 0.920 bits per heavy atom. The highest BCUT2D eigenvalue weighted by atomic mass is 15.3. The van der Waals surface area contributed by atoms with E-state index in [1.807, 2.05) is 30.5 Å². The molecule has 0 spiro atoms. The van der Waals surface area contributed by atoms with Crippen LogP contribution < -0.4 is 4.90 Å². The Hall–Kier alpha value is -3.14. The molecule has 1 unspecified atom stereocenters. The first kappa shape index (κ1) is 15.4. The van der Waals surface area contributed by atoms with Gasteiger partial charge in [-0.3, -0.25) is 4.98 Å². The van der Waals surface area contributed by atoms with E-state index in [1.165, 1.54) is 0 Å². The highest BCUT2D eigenvalue weighted by molar-refractivity contribution is 5.80. The van der Waals surface area contributed by atoms with Crippen LogP contribution in [-0.4, -0.2) is 14.5 Å². The summed E-state index contributed by atoms with van der Waals surface area (Å²) in [4.78, 5) is 11.5. The monoisotopic (exact) mass is 328 g/mol. The molecule has 4 aromatic rings. The Labute approximate surface area is 147 Å². The summed E-state index contributed by atoms with van der Waals surface area (Å²) in [6.45, 7) is 2.18. The van der Waals surface area contributed by atoms with Crippen LogP contribution in [0.25, 0.3) is 11.0 Å². The Morgan fingerprint density at radius 3 is 2.40 bits per heavy atom. The first-order chi connectivity index (χ1) is 12.3. The number of hydrogen-bond donors (Lipinski definition) is 0. The van der Waals surface area contributed by atoms with Gasteiger partial charge in [-0.25, -0.2) is 4.98 Å². The molecule has 2 aromatic carbocycles. The van der Waals surface area contributed by atoms with Gasteiger partial charge in [0.15, 0.2) is 0 Å². The average Bonchev–Trinajstić information content (AvgIpc) is 3.00. The average molecular weight is 328 g/mol. The van der Waals surface area contributed by atoms with Crippen molar-refractivity contribution in [3.63, 3.8) is 0 Å². The lowest BCUT2D eigenvalue weighted by Crippen LogP contribution is -2.24. The molecule has 0 aliphatic heterocycles. The van der Waals surface area contributed by atoms with Gasteiger partial charge in [0.25, 0.3) is 0 Å². The SMILES string of the molecule is CC(c1cccnc1)N(c1ccccc1)c1nc2ccccc2n1C. The topological polar surface area (TPSA) is 34.0 Å². The van der Waals surface area contributed by atoms with Crippen LogP contribution in [0.15, 0.2) is 79.1 Å². The minimum Gasteiger partial charge on any atom is -0.313 e. The minimum atomic E-state index is 0.103. The van der Waals surface area contributed by atoms with Crippen LogP contribution in [0.4, 0.5) is 11.6 Å². The molecule has 2 heterocycles. The normalized spacial score (nSPS) is 12.2. The Kier molecular flexibility index (Phi) is 3.94. The molecule has 0 saturated carbocycles. The number of nitrogens with zero attached hydrogens (tertiary/aromatic N) is 4. The zero-order chi connectivity index (χ0) is 17.2. The summed E-state index contributed by atoms with van der Waals surface area (Å²) in [5, 5.41) is 0. The predicted octanol–water partition coefficient (Wildman–Crippen LogP) is 4.87. The van der Waals surface area contributed by atoms with Gasteiger partial charge in [0, 0.05) is 25.1 Å². The molecule has 0 fully saturated rings. The Balaban J connectivity index is 1.89. The smallest absolute Gasteiger partial charge is 0.211 e. The van der Waals surface area contributed by atoms with E-state index in [0.29, 0.717) is 0 Å². The summed E-state index contributed by atoms with van der Waals surface area (Å²) in [6.07, 6.45) is 3.72. The zero-order valence-electron chi connectivity index (χ0n) is 14.4. The number of imidazole rings is 1. The number of benzene rings is 2. The van der Waals surface area contributed by atoms with Crippen LogP contribution >= 0.6 is 0 Å². The maximum Gasteiger partial charge on any atom is 0.211 e. The van der Waals surface area contributed by atoms with E-state index in [1.54, 1.807) is 6.20 Å². The summed E-state index contributed by atoms with van der Waals surface area (Å²) in [7, 11) is 2.07. The Morgan fingerprint density at radius 2 is 1.68 bits per heavy atom. The molecule has 0 amide bonds. The van der Waals surface area contributed by atoms with Crippen LogP contribution in [0.3, 0.4) is 0 Å². The number of para-hydroxylation sites is 3. The van der Waals surface area contributed by atoms with E-state index in [9.17, 15) is 0 Å². The highest BCUT2D eigenvalue weighted by Crippen LogP contribution is 2.35. The first-order valence-electron chi connectivity index (χ1n) is 8.41. The van der Waals surface area contributed by atoms with Crippen molar-refractivity contribution in [3.8, 4) is 0 Å². The molecule has 25 heavy (non-hydrogen) atoms. The van der Waals surface area contributed by atoms with E-state index < -0.39 is 0 Å². The van der Waals surface area contributed by atoms with Gasteiger partial charge >= 0.3 is 0 Å². The second-order valence-corrected chi connectivity index (χ2v) is 6.13. The van der Waals surface area contributed by atoms with Gasteiger partial charge in [0.1, 0.15) is 0 Å². The fourth-order valence-electron chi connectivity index (χ4n) is 3.22. The highest BCUT2D eigenvalue weighted by Gasteiger charge is 2.23. The van der Waals surface area contributed by atoms with E-state index in [4.69, 9.17) is 4.98 Å². The maximum absolute atomic E-state index is 4.90. The molecule has 4 heteroatoms. The molecule has 0 aliphatic carbocycles. The zero-order valence-corrected chi connectivity index (χ0v) is 14.4. The molecule has 0 radical (unpaired) electrons. The van der Waals surface area contributed by atoms with Crippen molar-refractivity contribution in [1.82, 2.24) is 14.5 Å². The standard InChI is InChI=1S/C21H20N4/c1-16(17-9-8-14-22-15-17)25(18-10-4-3-5-11-18)21-23-19-12-6-7-13-20(19)24(21)2/h3-16H,1-2H3. The molecule has 4 rings (SSSR count). The largest absolute Gasteiger partial charge is 0.313 e. The third-order valence-corrected chi connectivity index (χ3v) is 4.57. The lowest BCUT2D eigenvalue weighted by Gasteiger charge is -2.30. The van der Waals surface area contributed by atoms with Crippen molar-refractivity contribution in [2.24, 2.45) is 7.05 Å². The quantitative estimate of drug-likeness (QED) is 0.536. The number of rotatable bonds is 4. The predicted molar refractivity (Wildman–Crippen MR) is 102 cm³/mol. The van der Waals surface area contributed by atoms with Crippen LogP contribution in [0.1, 0.15) is 18.5 Å². The van der Waals surface area contributed by atoms with E-state index >= 15 is 0 Å². The van der Waals surface area contributed by atoms with E-state index in [2.05, 4.69) is 70.9 Å². The summed E-state index contributed by atoms with van der Waals surface area (Å²) in [6, 6.07) is 22.8. The number of fused-ring (bicyclic) bond motifs is 1. The summed E-state index contributed by atoms with van der Waals surface area (Å²) in [5.74, 6) is 0.920. The Bertz CT molecular complexity index is 977. The molecule has 0 saturated heterocycles. The van der Waals surface area contributed by atoms with Crippen molar-refractivity contribution in [3.05, 3.63) is 84.7 Å². The van der Waals surface area contributed by atoms with Gasteiger partial charge < -0.3 is 9.47 Å². The molecule has 0 aliphatic rings. The fourth-order valence-corrected chi connectivity index (χ4v) is 3.22. The van der Waals surface area contributed by atoms with Crippen molar-refractivity contribution < 1.29 is 0 Å². The molecule has 0 N–H and O–H groups in total. The summed E-state index contributed by atoms with van der Waals surface area (Å²) >= 11 is 0. The molecule has 2 aromatic heterocycles. The molecule has 1 atom stereocenters. The minimum absolute atomic E-state index is 0.103. The van der Waals surface area contributed by atoms with Crippen LogP contribution in [0.5, 0.6) is 0 Å². The third-order valence-electron chi connectivity index (χ3n) is 4.57. The number of aromatic nitrogens is 3. The van der Waals surface area contributed by atoms with Gasteiger partial charge in [-0.2, -0.15) is 0 Å². The van der Waals surface area contributed by atoms with Crippen LogP contribution in [-0.2, 0) is 7.05 Å². The summed E-state index contributed by atoms with van der Waals surface area (Å²) in [5.41, 5.74) is 4.38. The molecule has 124 valence electrons. The number of anilines is 2. The number of hydrogen-bond acceptors (Lipinski definition) is 3. The van der Waals surface area contributed by atoms with Gasteiger partial charge in [0.05, 0.1) is 17.1 Å². The second-order valence-electron chi connectivity index (χ2n) is 6.13. The van der Waals surface area contributed by atoms with Crippen LogP contribution in [0.2, 0.25) is 0 Å². The van der Waals surface area contributed by atoms with Crippen molar-refractivity contribution >= 4 is 22.7 Å². The van der Waals surface area contributed by atoms with Gasteiger partial charge in [-0.05, 0) is 42.8 Å². The molecular formula is C21H20N4. The van der Waals surface area contributed by atoms with Gasteiger partial charge in [-0.15, -0.1) is 0 Å². The fraction of sp³-hybridized carbons (Fsp3) is 0.143. The first-order valence-corrected chi connectivity index (χ1v) is 8.41. The molecule has 4 nitrogen and oxygen atoms in total. The van der Waals surface area contributed by atoms with Gasteiger partial charge in [0.2, 0.25) is 5.95 Å². The maximum atomic E-state index is 4.90.